The second-order valence-corrected chi connectivity index (χ2v) is 96.7. The minimum atomic E-state index is -5.68. The van der Waals surface area contributed by atoms with Crippen molar-refractivity contribution in [2.24, 2.45) is 0 Å². The van der Waals surface area contributed by atoms with Gasteiger partial charge in [-0.25, -0.2) is 0 Å². The number of hydrogen-bond acceptors (Lipinski definition) is 0. The fourth-order valence-electron chi connectivity index (χ4n) is 8.56. The van der Waals surface area contributed by atoms with Crippen LogP contribution in [0.4, 0.5) is 0 Å². The monoisotopic (exact) mass is 659 g/mol. The van der Waals surface area contributed by atoms with Crippen LogP contribution >= 0.6 is 17.0 Å². The second kappa shape index (κ2) is 8.11. The first kappa shape index (κ1) is 28.2. The van der Waals surface area contributed by atoms with Gasteiger partial charge in [0.2, 0.25) is 0 Å². The van der Waals surface area contributed by atoms with E-state index >= 15 is 0 Å². The van der Waals surface area contributed by atoms with Gasteiger partial charge in [-0.3, -0.25) is 0 Å². The van der Waals surface area contributed by atoms with Crippen LogP contribution < -0.4 is 0 Å². The molecule has 4 aromatic carbocycles. The van der Waals surface area contributed by atoms with Crippen molar-refractivity contribution in [2.45, 2.75) is 44.2 Å². The molecule has 0 heterocycles. The van der Waals surface area contributed by atoms with E-state index in [4.69, 9.17) is 17.0 Å². The molecule has 205 valence electrons. The summed E-state index contributed by atoms with van der Waals surface area (Å²) >= 11 is -5.68. The van der Waals surface area contributed by atoms with Crippen molar-refractivity contribution in [1.29, 1.82) is 0 Å². The standard InChI is InChI=1S/2C17H15.2CH3.2ClH.H3Si.Zr/c2*1-12-6-8-14(9-7-12)16-5-3-4-15-10-13(2)11-17(15)16;;;;;;/h2*3-11H,1-2H3;2*1H3;2*1H;1H3;/q;;;;;;;+2/p-2. The number of halogens is 2. The Kier molecular flexibility index (Phi) is 5.71. The van der Waals surface area contributed by atoms with E-state index in [2.05, 4.69) is 134 Å². The topological polar surface area (TPSA) is 0 Å². The number of aryl methyl sites for hydroxylation is 2. The zero-order chi connectivity index (χ0) is 28.8. The van der Waals surface area contributed by atoms with Gasteiger partial charge < -0.3 is 0 Å². The Hall–Kier alpha value is -1.96. The van der Waals surface area contributed by atoms with Crippen molar-refractivity contribution in [3.05, 3.63) is 129 Å². The Morgan fingerprint density at radius 1 is 0.550 bits per heavy atom. The fourth-order valence-corrected chi connectivity index (χ4v) is 43.3. The van der Waals surface area contributed by atoms with Crippen molar-refractivity contribution >= 4 is 36.5 Å². The van der Waals surface area contributed by atoms with Gasteiger partial charge in [0.1, 0.15) is 0 Å². The normalized spacial score (nSPS) is 20.9. The zero-order valence-corrected chi connectivity index (χ0v) is 30.6. The van der Waals surface area contributed by atoms with Gasteiger partial charge >= 0.3 is 245 Å². The Labute approximate surface area is 243 Å². The zero-order valence-electron chi connectivity index (χ0n) is 24.6. The van der Waals surface area contributed by atoms with Crippen LogP contribution in [0.25, 0.3) is 34.4 Å². The van der Waals surface area contributed by atoms with Crippen LogP contribution in [0.5, 0.6) is 0 Å². The summed E-state index contributed by atoms with van der Waals surface area (Å²) in [6.45, 7) is 8.77. The number of fused-ring (bicyclic) bond motifs is 2. The van der Waals surface area contributed by atoms with Crippen LogP contribution in [-0.2, 0) is 12.6 Å². The van der Waals surface area contributed by atoms with Gasteiger partial charge in [0.15, 0.2) is 0 Å². The molecule has 0 saturated carbocycles. The van der Waals surface area contributed by atoms with Crippen LogP contribution in [0.15, 0.2) is 96.1 Å². The summed E-state index contributed by atoms with van der Waals surface area (Å²) < 4.78 is 4.65. The average Bonchev–Trinajstić information content (AvgIpc) is 3.41. The molecule has 4 aromatic rings. The molecule has 40 heavy (non-hydrogen) atoms. The number of hydrogen-bond donors (Lipinski definition) is 0. The summed E-state index contributed by atoms with van der Waals surface area (Å²) in [5, 5.41) is 0. The molecule has 4 heteroatoms. The van der Waals surface area contributed by atoms with Gasteiger partial charge in [-0.05, 0) is 0 Å². The Morgan fingerprint density at radius 3 is 1.25 bits per heavy atom. The minimum absolute atomic E-state index is 0.00512. The van der Waals surface area contributed by atoms with E-state index in [0.29, 0.717) is 7.37 Å². The van der Waals surface area contributed by atoms with Gasteiger partial charge in [0.05, 0.1) is 0 Å². The molecule has 0 spiro atoms. The van der Waals surface area contributed by atoms with E-state index < -0.39 is 12.6 Å². The molecule has 0 saturated heterocycles. The molecule has 0 aromatic heterocycles. The van der Waals surface area contributed by atoms with E-state index in [0.717, 1.165) is 0 Å². The predicted octanol–water partition coefficient (Wildman–Crippen LogP) is 10.7. The van der Waals surface area contributed by atoms with E-state index in [1.165, 1.54) is 66.8 Å². The quantitative estimate of drug-likeness (QED) is 0.191. The number of rotatable bonds is 4. The fraction of sp³-hybridized carbons (Fsp3) is 0.222. The molecule has 0 fully saturated rings. The molecule has 2 aliphatic carbocycles. The van der Waals surface area contributed by atoms with Gasteiger partial charge in [0.25, 0.3) is 0 Å². The molecule has 2 aliphatic rings. The van der Waals surface area contributed by atoms with Crippen molar-refractivity contribution in [3.8, 4) is 22.3 Å². The van der Waals surface area contributed by atoms with E-state index in [9.17, 15) is 0 Å². The molecular formula is C36H39Cl2SiZr. The molecule has 2 atom stereocenters. The maximum atomic E-state index is 8.54. The van der Waals surface area contributed by atoms with Crippen LogP contribution in [0.3, 0.4) is 0 Å². The molecule has 0 N–H and O–H groups in total. The number of allylic oxidation sites excluding steroid dienone is 2. The third-order valence-electron chi connectivity index (χ3n) is 9.78. The van der Waals surface area contributed by atoms with Crippen LogP contribution in [0.1, 0.15) is 54.5 Å². The Balaban J connectivity index is 1.57. The SMILES string of the molecule is CC1=Cc2c(-c3ccc(C)cc3)cccc2[CH]1[Zr]([CH3])([CH3])([SiH3])([Cl])([Cl])[CH]1C(C)=Cc2c(-c3ccc(C)cc3)cccc21. The summed E-state index contributed by atoms with van der Waals surface area (Å²) in [7, 11) is 17.8. The Morgan fingerprint density at radius 2 is 0.900 bits per heavy atom. The average molecular weight is 662 g/mol. The van der Waals surface area contributed by atoms with Crippen LogP contribution in [0.2, 0.25) is 9.26 Å². The molecule has 6 rings (SSSR count). The molecule has 0 nitrogen and oxygen atoms in total. The molecule has 0 amide bonds. The van der Waals surface area contributed by atoms with Crippen LogP contribution in [0, 0.1) is 13.8 Å². The summed E-state index contributed by atoms with van der Waals surface area (Å²) in [6.07, 6.45) is 4.74. The second-order valence-electron chi connectivity index (χ2n) is 15.0. The van der Waals surface area contributed by atoms with Crippen molar-refractivity contribution in [3.63, 3.8) is 0 Å². The van der Waals surface area contributed by atoms with Crippen molar-refractivity contribution < 1.29 is 12.6 Å². The Bertz CT molecular complexity index is 1660. The van der Waals surface area contributed by atoms with Gasteiger partial charge in [-0.2, -0.15) is 0 Å². The first-order chi connectivity index (χ1) is 18.5. The van der Waals surface area contributed by atoms with Crippen molar-refractivity contribution in [2.75, 3.05) is 0 Å². The summed E-state index contributed by atoms with van der Waals surface area (Å²) in [5.74, 6) is 0. The molecule has 0 radical (unpaired) electrons. The molecule has 2 unspecified atom stereocenters. The molecule has 0 bridgehead atoms. The van der Waals surface area contributed by atoms with Crippen LogP contribution in [-0.4, -0.2) is 7.37 Å². The predicted molar refractivity (Wildman–Crippen MR) is 179 cm³/mol. The van der Waals surface area contributed by atoms with E-state index in [1.807, 2.05) is 0 Å². The van der Waals surface area contributed by atoms with Gasteiger partial charge in [0, 0.05) is 0 Å². The third-order valence-corrected chi connectivity index (χ3v) is 37.8. The van der Waals surface area contributed by atoms with E-state index in [1.54, 1.807) is 0 Å². The molecule has 0 aliphatic heterocycles. The first-order valence-electron chi connectivity index (χ1n) is 14.4. The van der Waals surface area contributed by atoms with E-state index in [-0.39, 0.29) is 7.25 Å². The molecular weight excluding hydrogens is 623 g/mol. The third kappa shape index (κ3) is 4.25. The summed E-state index contributed by atoms with van der Waals surface area (Å²) in [5.41, 5.74) is 15.2. The van der Waals surface area contributed by atoms with Gasteiger partial charge in [-0.15, -0.1) is 0 Å². The summed E-state index contributed by atoms with van der Waals surface area (Å²) in [6, 6.07) is 31.1. The maximum absolute atomic E-state index is 8.54. The first-order valence-corrected chi connectivity index (χ1v) is 36.9. The van der Waals surface area contributed by atoms with Gasteiger partial charge in [-0.1, -0.05) is 0 Å². The number of benzene rings is 4. The van der Waals surface area contributed by atoms with Crippen molar-refractivity contribution in [1.82, 2.24) is 0 Å². The summed E-state index contributed by atoms with van der Waals surface area (Å²) in [4.78, 5) is 0.